The Morgan fingerprint density at radius 1 is 1.36 bits per heavy atom. The van der Waals surface area contributed by atoms with Crippen molar-refractivity contribution >= 4 is 11.5 Å². The van der Waals surface area contributed by atoms with E-state index in [4.69, 9.17) is 9.47 Å². The van der Waals surface area contributed by atoms with E-state index in [1.54, 1.807) is 6.08 Å². The van der Waals surface area contributed by atoms with E-state index in [2.05, 4.69) is 0 Å². The van der Waals surface area contributed by atoms with Crippen LogP contribution in [0.4, 0.5) is 8.78 Å². The highest BCUT2D eigenvalue weighted by atomic mass is 19.3. The molecule has 0 aromatic carbocycles. The number of hydrogen-bond donors (Lipinski definition) is 1. The second-order valence-corrected chi connectivity index (χ2v) is 7.35. The van der Waals surface area contributed by atoms with Crippen molar-refractivity contribution in [3.05, 3.63) is 51.2 Å². The topological polar surface area (TPSA) is 77.8 Å². The summed E-state index contributed by atoms with van der Waals surface area (Å²) in [5.74, 6) is -0.749. The van der Waals surface area contributed by atoms with E-state index in [-0.39, 0.29) is 17.5 Å². The Kier molecular flexibility index (Phi) is 5.69. The largest absolute Gasteiger partial charge is 0.489 e. The molecule has 0 fully saturated rings. The maximum Gasteiger partial charge on any atom is 0.341 e. The zero-order valence-electron chi connectivity index (χ0n) is 15.9. The number of halogens is 2. The summed E-state index contributed by atoms with van der Waals surface area (Å²) >= 11 is 0. The molecule has 28 heavy (non-hydrogen) atoms. The molecule has 1 N–H and O–H groups in total. The summed E-state index contributed by atoms with van der Waals surface area (Å²) in [6.45, 7) is 3.31. The molecule has 0 bridgehead atoms. The molecular formula is C20H23F2NO5. The number of carbonyl (C=O) groups is 1. The number of allylic oxidation sites excluding steroid dienone is 2. The first kappa shape index (κ1) is 20.3. The van der Waals surface area contributed by atoms with Crippen LogP contribution in [0.3, 0.4) is 0 Å². The lowest BCUT2D eigenvalue weighted by atomic mass is 9.82. The van der Waals surface area contributed by atoms with Gasteiger partial charge in [-0.3, -0.25) is 4.79 Å². The number of carboxylic acid groups (broad SMARTS) is 1. The number of carboxylic acids is 1. The number of pyridine rings is 1. The smallest absolute Gasteiger partial charge is 0.341 e. The molecule has 1 aromatic heterocycles. The molecule has 2 unspecified atom stereocenters. The predicted molar refractivity (Wildman–Crippen MR) is 98.5 cm³/mol. The van der Waals surface area contributed by atoms with Gasteiger partial charge in [0.2, 0.25) is 0 Å². The molecule has 0 amide bonds. The number of fused-ring (bicyclic) bond motifs is 2. The van der Waals surface area contributed by atoms with Gasteiger partial charge in [0.05, 0.1) is 0 Å². The average molecular weight is 395 g/mol. The molecular weight excluding hydrogens is 372 g/mol. The maximum absolute atomic E-state index is 12.6. The van der Waals surface area contributed by atoms with Crippen LogP contribution in [0.25, 0.3) is 5.57 Å². The number of rotatable bonds is 6. The summed E-state index contributed by atoms with van der Waals surface area (Å²) in [6.07, 6.45) is 0.942. The van der Waals surface area contributed by atoms with E-state index in [9.17, 15) is 23.5 Å². The molecule has 1 aliphatic carbocycles. The summed E-state index contributed by atoms with van der Waals surface area (Å²) in [7, 11) is 1.47. The molecule has 2 aliphatic rings. The molecule has 3 rings (SSSR count). The Labute approximate surface area is 161 Å². The van der Waals surface area contributed by atoms with Crippen LogP contribution in [0.2, 0.25) is 0 Å². The van der Waals surface area contributed by atoms with E-state index < -0.39 is 30.5 Å². The van der Waals surface area contributed by atoms with E-state index >= 15 is 0 Å². The average Bonchev–Trinajstić information content (AvgIpc) is 2.63. The molecule has 2 atom stereocenters. The van der Waals surface area contributed by atoms with E-state index in [1.165, 1.54) is 19.4 Å². The van der Waals surface area contributed by atoms with Gasteiger partial charge < -0.3 is 19.1 Å². The maximum atomic E-state index is 12.6. The minimum absolute atomic E-state index is 0.0702. The van der Waals surface area contributed by atoms with Crippen molar-refractivity contribution < 1.29 is 28.2 Å². The molecule has 0 radical (unpaired) electrons. The van der Waals surface area contributed by atoms with Crippen molar-refractivity contribution in [3.63, 3.8) is 0 Å². The molecule has 6 nitrogen and oxygen atoms in total. The fourth-order valence-corrected chi connectivity index (χ4v) is 3.82. The number of methoxy groups -OCH3 is 1. The number of nitrogens with zero attached hydrogens (tertiary/aromatic N) is 1. The molecule has 0 spiro atoms. The van der Waals surface area contributed by atoms with Gasteiger partial charge in [0.1, 0.15) is 24.0 Å². The summed E-state index contributed by atoms with van der Waals surface area (Å²) in [5, 5.41) is 9.31. The number of hydrogen-bond acceptors (Lipinski definition) is 4. The van der Waals surface area contributed by atoms with Crippen molar-refractivity contribution in [2.24, 2.45) is 5.92 Å². The predicted octanol–water partition coefficient (Wildman–Crippen LogP) is 3.49. The number of aromatic carboxylic acids is 1. The van der Waals surface area contributed by atoms with Crippen molar-refractivity contribution in [1.82, 2.24) is 4.57 Å². The van der Waals surface area contributed by atoms with Crippen LogP contribution in [0.5, 0.6) is 0 Å². The summed E-state index contributed by atoms with van der Waals surface area (Å²) in [4.78, 5) is 23.7. The fourth-order valence-electron chi connectivity index (χ4n) is 3.82. The van der Waals surface area contributed by atoms with Crippen molar-refractivity contribution in [3.8, 4) is 0 Å². The second-order valence-electron chi connectivity index (χ2n) is 7.35. The SMILES string of the molecule is COC1CC2=C(C=C1OCC(F)F)CC(C(C)C)n1cc(C(=O)O)c(=O)cc12. The van der Waals surface area contributed by atoms with Crippen molar-refractivity contribution in [2.45, 2.75) is 45.3 Å². The van der Waals surface area contributed by atoms with Crippen LogP contribution in [0.1, 0.15) is 48.8 Å². The van der Waals surface area contributed by atoms with Gasteiger partial charge in [0.25, 0.3) is 6.43 Å². The highest BCUT2D eigenvalue weighted by molar-refractivity contribution is 5.87. The zero-order valence-corrected chi connectivity index (χ0v) is 15.9. The number of ether oxygens (including phenoxy) is 2. The molecule has 1 aliphatic heterocycles. The lowest BCUT2D eigenvalue weighted by molar-refractivity contribution is 0.0112. The Morgan fingerprint density at radius 2 is 2.07 bits per heavy atom. The summed E-state index contributed by atoms with van der Waals surface area (Å²) in [5.41, 5.74) is 1.56. The lowest BCUT2D eigenvalue weighted by Gasteiger charge is -2.37. The molecule has 0 saturated carbocycles. The molecule has 2 heterocycles. The first-order chi connectivity index (χ1) is 13.2. The van der Waals surface area contributed by atoms with Gasteiger partial charge in [-0.05, 0) is 29.6 Å². The summed E-state index contributed by atoms with van der Waals surface area (Å²) in [6, 6.07) is 1.28. The third kappa shape index (κ3) is 3.73. The van der Waals surface area contributed by atoms with Crippen LogP contribution in [-0.4, -0.2) is 41.9 Å². The molecule has 1 aromatic rings. The Morgan fingerprint density at radius 3 is 2.64 bits per heavy atom. The van der Waals surface area contributed by atoms with E-state index in [0.717, 1.165) is 11.1 Å². The normalized spacial score (nSPS) is 21.5. The highest BCUT2D eigenvalue weighted by Crippen LogP contribution is 2.43. The molecule has 152 valence electrons. The van der Waals surface area contributed by atoms with Gasteiger partial charge in [-0.15, -0.1) is 0 Å². The number of aromatic nitrogens is 1. The van der Waals surface area contributed by atoms with Crippen molar-refractivity contribution in [1.29, 1.82) is 0 Å². The van der Waals surface area contributed by atoms with Gasteiger partial charge in [-0.25, -0.2) is 13.6 Å². The molecule has 0 saturated heterocycles. The monoisotopic (exact) mass is 395 g/mol. The minimum Gasteiger partial charge on any atom is -0.489 e. The molecule has 8 heteroatoms. The minimum atomic E-state index is -2.59. The van der Waals surface area contributed by atoms with Gasteiger partial charge in [0, 0.05) is 37.5 Å². The van der Waals surface area contributed by atoms with Crippen molar-refractivity contribution in [2.75, 3.05) is 13.7 Å². The standard InChI is InChI=1S/C20H23F2NO5/c1-10(2)14-4-11-5-18(28-9-19(21)22)17(27-3)6-12(11)15-7-16(24)13(20(25)26)8-23(14)15/h5,7-8,10,14,17,19H,4,6,9H2,1-3H3,(H,25,26). The van der Waals surface area contributed by atoms with Gasteiger partial charge >= 0.3 is 5.97 Å². The third-order valence-corrected chi connectivity index (χ3v) is 5.25. The fraction of sp³-hybridized carbons (Fsp3) is 0.500. The quantitative estimate of drug-likeness (QED) is 0.798. The zero-order chi connectivity index (χ0) is 20.6. The van der Waals surface area contributed by atoms with E-state index in [0.29, 0.717) is 24.3 Å². The number of alkyl halides is 2. The van der Waals surface area contributed by atoms with Gasteiger partial charge in [0.15, 0.2) is 5.43 Å². The van der Waals surface area contributed by atoms with Crippen LogP contribution in [0.15, 0.2) is 34.5 Å². The van der Waals surface area contributed by atoms with Crippen LogP contribution in [-0.2, 0) is 9.47 Å². The highest BCUT2D eigenvalue weighted by Gasteiger charge is 2.34. The third-order valence-electron chi connectivity index (χ3n) is 5.25. The van der Waals surface area contributed by atoms with Crippen LogP contribution in [0, 0.1) is 5.92 Å². The second kappa shape index (κ2) is 7.87. The summed E-state index contributed by atoms with van der Waals surface area (Å²) < 4.78 is 37.7. The van der Waals surface area contributed by atoms with Crippen LogP contribution >= 0.6 is 0 Å². The van der Waals surface area contributed by atoms with Gasteiger partial charge in [-0.2, -0.15) is 0 Å². The Bertz CT molecular complexity index is 900. The first-order valence-corrected chi connectivity index (χ1v) is 9.10. The Balaban J connectivity index is 2.12. The van der Waals surface area contributed by atoms with E-state index in [1.807, 2.05) is 18.4 Å². The van der Waals surface area contributed by atoms with Gasteiger partial charge in [-0.1, -0.05) is 13.8 Å². The lowest BCUT2D eigenvalue weighted by Crippen LogP contribution is -2.31. The Hall–Kier alpha value is -2.48. The van der Waals surface area contributed by atoms with Crippen LogP contribution < -0.4 is 5.43 Å². The first-order valence-electron chi connectivity index (χ1n) is 9.10.